The zero-order valence-corrected chi connectivity index (χ0v) is 13.3. The van der Waals surface area contributed by atoms with Crippen LogP contribution in [0.5, 0.6) is 5.75 Å². The molecule has 24 heavy (non-hydrogen) atoms. The van der Waals surface area contributed by atoms with Crippen molar-refractivity contribution in [3.8, 4) is 5.75 Å². The van der Waals surface area contributed by atoms with Gasteiger partial charge in [-0.15, -0.1) is 0 Å². The summed E-state index contributed by atoms with van der Waals surface area (Å²) in [5, 5.41) is 1.15. The topological polar surface area (TPSA) is 45.3 Å². The highest BCUT2D eigenvalue weighted by Gasteiger charge is 2.24. The molecule has 3 aromatic rings. The standard InChI is InChI=1S/C19H17FN2O2/c1-24-14-6-7-17-16(10-14)15-8-9-22(11-18(15)21-17)19(23)12-2-4-13(20)5-3-12/h2-7,10,21H,8-9,11H2,1H3. The van der Waals surface area contributed by atoms with Gasteiger partial charge in [0.2, 0.25) is 0 Å². The van der Waals surface area contributed by atoms with Crippen molar-refractivity contribution in [2.75, 3.05) is 13.7 Å². The molecule has 0 saturated heterocycles. The molecule has 1 amide bonds. The van der Waals surface area contributed by atoms with Gasteiger partial charge in [0, 0.05) is 28.7 Å². The van der Waals surface area contributed by atoms with Gasteiger partial charge in [0.25, 0.3) is 5.91 Å². The lowest BCUT2D eigenvalue weighted by Crippen LogP contribution is -2.35. The second kappa shape index (κ2) is 5.67. The summed E-state index contributed by atoms with van der Waals surface area (Å²) >= 11 is 0. The summed E-state index contributed by atoms with van der Waals surface area (Å²) in [6.45, 7) is 1.18. The summed E-state index contributed by atoms with van der Waals surface area (Å²) in [6.07, 6.45) is 0.787. The van der Waals surface area contributed by atoms with Crippen LogP contribution >= 0.6 is 0 Å². The number of amides is 1. The number of aromatic amines is 1. The average molecular weight is 324 g/mol. The molecule has 0 bridgehead atoms. The quantitative estimate of drug-likeness (QED) is 0.784. The number of aromatic nitrogens is 1. The fraction of sp³-hybridized carbons (Fsp3) is 0.211. The second-order valence-electron chi connectivity index (χ2n) is 5.98. The van der Waals surface area contributed by atoms with E-state index in [2.05, 4.69) is 4.98 Å². The van der Waals surface area contributed by atoms with Crippen LogP contribution in [0.25, 0.3) is 10.9 Å². The lowest BCUT2D eigenvalue weighted by atomic mass is 10.0. The minimum Gasteiger partial charge on any atom is -0.497 e. The Morgan fingerprint density at radius 2 is 2.00 bits per heavy atom. The Labute approximate surface area is 138 Å². The maximum atomic E-state index is 13.0. The third-order valence-corrected chi connectivity index (χ3v) is 4.56. The van der Waals surface area contributed by atoms with Crippen molar-refractivity contribution in [2.45, 2.75) is 13.0 Å². The van der Waals surface area contributed by atoms with Gasteiger partial charge in [0.05, 0.1) is 13.7 Å². The molecule has 2 heterocycles. The predicted octanol–water partition coefficient (Wildman–Crippen LogP) is 3.51. The minimum atomic E-state index is -0.336. The van der Waals surface area contributed by atoms with Gasteiger partial charge in [-0.1, -0.05) is 0 Å². The molecule has 0 spiro atoms. The molecule has 0 aliphatic carbocycles. The normalized spacial score (nSPS) is 13.8. The van der Waals surface area contributed by atoms with Gasteiger partial charge < -0.3 is 14.6 Å². The van der Waals surface area contributed by atoms with Crippen LogP contribution in [-0.4, -0.2) is 29.4 Å². The number of nitrogens with one attached hydrogen (secondary N) is 1. The number of carbonyl (C=O) groups excluding carboxylic acids is 1. The largest absolute Gasteiger partial charge is 0.497 e. The van der Waals surface area contributed by atoms with Crippen molar-refractivity contribution in [1.29, 1.82) is 0 Å². The van der Waals surface area contributed by atoms with Gasteiger partial charge in [-0.25, -0.2) is 4.39 Å². The highest BCUT2D eigenvalue weighted by molar-refractivity contribution is 5.95. The van der Waals surface area contributed by atoms with Gasteiger partial charge in [-0.3, -0.25) is 4.79 Å². The van der Waals surface area contributed by atoms with Crippen molar-refractivity contribution in [2.24, 2.45) is 0 Å². The number of methoxy groups -OCH3 is 1. The van der Waals surface area contributed by atoms with E-state index in [1.807, 2.05) is 18.2 Å². The smallest absolute Gasteiger partial charge is 0.254 e. The Morgan fingerprint density at radius 1 is 1.21 bits per heavy atom. The molecule has 0 unspecified atom stereocenters. The molecule has 122 valence electrons. The second-order valence-corrected chi connectivity index (χ2v) is 5.98. The molecule has 0 atom stereocenters. The van der Waals surface area contributed by atoms with E-state index in [0.29, 0.717) is 18.7 Å². The number of fused-ring (bicyclic) bond motifs is 3. The van der Waals surface area contributed by atoms with E-state index in [1.54, 1.807) is 12.0 Å². The summed E-state index contributed by atoms with van der Waals surface area (Å²) in [5.41, 5.74) is 3.86. The molecule has 5 heteroatoms. The monoisotopic (exact) mass is 324 g/mol. The third kappa shape index (κ3) is 2.42. The Balaban J connectivity index is 1.64. The highest BCUT2D eigenvalue weighted by Crippen LogP contribution is 2.30. The molecule has 2 aromatic carbocycles. The minimum absolute atomic E-state index is 0.0723. The first-order chi connectivity index (χ1) is 11.7. The van der Waals surface area contributed by atoms with Crippen LogP contribution in [0.3, 0.4) is 0 Å². The Hall–Kier alpha value is -2.82. The summed E-state index contributed by atoms with van der Waals surface area (Å²) in [5.74, 6) is 0.419. The molecule has 0 fully saturated rings. The summed E-state index contributed by atoms with van der Waals surface area (Å²) < 4.78 is 18.3. The van der Waals surface area contributed by atoms with E-state index in [-0.39, 0.29) is 11.7 Å². The number of ether oxygens (including phenoxy) is 1. The van der Waals surface area contributed by atoms with Crippen LogP contribution in [0.4, 0.5) is 4.39 Å². The molecule has 0 saturated carbocycles. The van der Waals surface area contributed by atoms with Gasteiger partial charge in [-0.2, -0.15) is 0 Å². The van der Waals surface area contributed by atoms with Crippen molar-refractivity contribution < 1.29 is 13.9 Å². The summed E-state index contributed by atoms with van der Waals surface area (Å²) in [6, 6.07) is 11.6. The first-order valence-corrected chi connectivity index (χ1v) is 7.88. The number of benzene rings is 2. The number of nitrogens with zero attached hydrogens (tertiary/aromatic N) is 1. The zero-order valence-electron chi connectivity index (χ0n) is 13.3. The summed E-state index contributed by atoms with van der Waals surface area (Å²) in [4.78, 5) is 17.8. The number of carbonyl (C=O) groups is 1. The first-order valence-electron chi connectivity index (χ1n) is 7.88. The van der Waals surface area contributed by atoms with Crippen LogP contribution in [-0.2, 0) is 13.0 Å². The molecular weight excluding hydrogens is 307 g/mol. The van der Waals surface area contributed by atoms with E-state index in [1.165, 1.54) is 29.8 Å². The van der Waals surface area contributed by atoms with Gasteiger partial charge in [0.15, 0.2) is 0 Å². The van der Waals surface area contributed by atoms with E-state index >= 15 is 0 Å². The van der Waals surface area contributed by atoms with Crippen LogP contribution in [0.1, 0.15) is 21.6 Å². The predicted molar refractivity (Wildman–Crippen MR) is 89.7 cm³/mol. The maximum Gasteiger partial charge on any atom is 0.254 e. The van der Waals surface area contributed by atoms with E-state index in [0.717, 1.165) is 28.8 Å². The fourth-order valence-corrected chi connectivity index (χ4v) is 3.30. The lowest BCUT2D eigenvalue weighted by Gasteiger charge is -2.27. The van der Waals surface area contributed by atoms with Gasteiger partial charge in [-0.05, 0) is 54.4 Å². The van der Waals surface area contributed by atoms with Gasteiger partial charge in [0.1, 0.15) is 11.6 Å². The Bertz CT molecular complexity index is 915. The van der Waals surface area contributed by atoms with Crippen LogP contribution in [0.15, 0.2) is 42.5 Å². The zero-order chi connectivity index (χ0) is 16.7. The first kappa shape index (κ1) is 14.8. The number of hydrogen-bond donors (Lipinski definition) is 1. The molecule has 1 N–H and O–H groups in total. The Morgan fingerprint density at radius 3 is 2.75 bits per heavy atom. The van der Waals surface area contributed by atoms with Crippen LogP contribution in [0, 0.1) is 5.82 Å². The SMILES string of the molecule is COc1ccc2[nH]c3c(c2c1)CCN(C(=O)c1ccc(F)cc1)C3. The molecule has 1 aromatic heterocycles. The highest BCUT2D eigenvalue weighted by atomic mass is 19.1. The third-order valence-electron chi connectivity index (χ3n) is 4.56. The molecule has 1 aliphatic heterocycles. The Kier molecular flexibility index (Phi) is 3.49. The van der Waals surface area contributed by atoms with Crippen LogP contribution < -0.4 is 4.74 Å². The van der Waals surface area contributed by atoms with E-state index < -0.39 is 0 Å². The van der Waals surface area contributed by atoms with Crippen molar-refractivity contribution in [1.82, 2.24) is 9.88 Å². The molecule has 4 rings (SSSR count). The fourth-order valence-electron chi connectivity index (χ4n) is 3.30. The molecule has 4 nitrogen and oxygen atoms in total. The van der Waals surface area contributed by atoms with Gasteiger partial charge >= 0.3 is 0 Å². The van der Waals surface area contributed by atoms with Crippen molar-refractivity contribution in [3.05, 3.63) is 65.1 Å². The van der Waals surface area contributed by atoms with Crippen molar-refractivity contribution in [3.63, 3.8) is 0 Å². The van der Waals surface area contributed by atoms with Crippen LogP contribution in [0.2, 0.25) is 0 Å². The number of hydrogen-bond acceptors (Lipinski definition) is 2. The summed E-state index contributed by atoms with van der Waals surface area (Å²) in [7, 11) is 1.66. The van der Waals surface area contributed by atoms with E-state index in [4.69, 9.17) is 4.74 Å². The van der Waals surface area contributed by atoms with E-state index in [9.17, 15) is 9.18 Å². The number of H-pyrrole nitrogens is 1. The molecular formula is C19H17FN2O2. The molecule has 1 aliphatic rings. The maximum absolute atomic E-state index is 13.0. The average Bonchev–Trinajstić information content (AvgIpc) is 2.98. The molecule has 0 radical (unpaired) electrons. The number of rotatable bonds is 2. The van der Waals surface area contributed by atoms with Crippen molar-refractivity contribution >= 4 is 16.8 Å². The lowest BCUT2D eigenvalue weighted by molar-refractivity contribution is 0.0733. The number of halogens is 1.